The third-order valence-corrected chi connectivity index (χ3v) is 5.22. The standard InChI is InChI=1S/C16H13N5OS.C2HF3O2/c1-7(22)11-2-3-12(23-11)9-6-10-13(8-4-5-19-14(8)9)15(17)21-16(18)20-10;3-2(4,5)1(6)7/h2-6H,17H2,1H3,(H3,18,20,21);(H,6,7). The molecule has 3 aromatic heterocycles. The van der Waals surface area contributed by atoms with Crippen molar-refractivity contribution in [2.75, 3.05) is 11.5 Å². The fourth-order valence-corrected chi connectivity index (χ4v) is 3.69. The Morgan fingerprint density at radius 2 is 1.87 bits per heavy atom. The molecule has 0 spiro atoms. The Bertz CT molecular complexity index is 1280. The molecule has 0 aliphatic heterocycles. The van der Waals surface area contributed by atoms with E-state index in [0.717, 1.165) is 37.1 Å². The molecular weight excluding hydrogens is 423 g/mol. The smallest absolute Gasteiger partial charge is 0.475 e. The monoisotopic (exact) mass is 437 g/mol. The van der Waals surface area contributed by atoms with Gasteiger partial charge >= 0.3 is 12.1 Å². The zero-order chi connectivity index (χ0) is 22.2. The van der Waals surface area contributed by atoms with Crippen LogP contribution in [0.25, 0.3) is 32.2 Å². The van der Waals surface area contributed by atoms with E-state index in [1.807, 2.05) is 24.3 Å². The normalized spacial score (nSPS) is 11.3. The molecular formula is C18H14F3N5O3S. The molecule has 8 nitrogen and oxygen atoms in total. The lowest BCUT2D eigenvalue weighted by atomic mass is 10.1. The van der Waals surface area contributed by atoms with Gasteiger partial charge < -0.3 is 21.6 Å². The second-order valence-corrected chi connectivity index (χ2v) is 7.17. The highest BCUT2D eigenvalue weighted by molar-refractivity contribution is 7.17. The number of carbonyl (C=O) groups is 2. The van der Waals surface area contributed by atoms with E-state index in [0.29, 0.717) is 5.82 Å². The van der Waals surface area contributed by atoms with E-state index in [2.05, 4.69) is 15.0 Å². The largest absolute Gasteiger partial charge is 0.490 e. The summed E-state index contributed by atoms with van der Waals surface area (Å²) in [6.07, 6.45) is -3.34. The van der Waals surface area contributed by atoms with Crippen molar-refractivity contribution >= 4 is 56.7 Å². The maximum atomic E-state index is 11.6. The van der Waals surface area contributed by atoms with Gasteiger partial charge in [-0.25, -0.2) is 4.79 Å². The first-order valence-electron chi connectivity index (χ1n) is 8.22. The van der Waals surface area contributed by atoms with Gasteiger partial charge in [-0.05, 0) is 31.2 Å². The number of anilines is 2. The summed E-state index contributed by atoms with van der Waals surface area (Å²) in [7, 11) is 0. The summed E-state index contributed by atoms with van der Waals surface area (Å²) < 4.78 is 31.7. The number of alkyl halides is 3. The Kier molecular flexibility index (Phi) is 5.35. The Morgan fingerprint density at radius 3 is 2.43 bits per heavy atom. The Morgan fingerprint density at radius 1 is 1.20 bits per heavy atom. The van der Waals surface area contributed by atoms with Gasteiger partial charge in [-0.1, -0.05) is 0 Å². The number of aromatic amines is 1. The first-order chi connectivity index (χ1) is 14.0. The van der Waals surface area contributed by atoms with Crippen LogP contribution in [-0.4, -0.2) is 38.0 Å². The van der Waals surface area contributed by atoms with E-state index in [1.165, 1.54) is 11.3 Å². The predicted octanol–water partition coefficient (Wildman–Crippen LogP) is 3.84. The zero-order valence-electron chi connectivity index (χ0n) is 15.2. The summed E-state index contributed by atoms with van der Waals surface area (Å²) >= 11 is 1.45. The van der Waals surface area contributed by atoms with E-state index in [-0.39, 0.29) is 11.7 Å². The number of H-pyrrole nitrogens is 1. The van der Waals surface area contributed by atoms with Gasteiger partial charge in [-0.3, -0.25) is 9.78 Å². The summed E-state index contributed by atoms with van der Waals surface area (Å²) in [4.78, 5) is 33.7. The first-order valence-corrected chi connectivity index (χ1v) is 9.04. The van der Waals surface area contributed by atoms with Crippen molar-refractivity contribution in [3.05, 3.63) is 35.3 Å². The van der Waals surface area contributed by atoms with E-state index in [4.69, 9.17) is 21.4 Å². The van der Waals surface area contributed by atoms with Crippen molar-refractivity contribution < 1.29 is 27.9 Å². The van der Waals surface area contributed by atoms with E-state index >= 15 is 0 Å². The van der Waals surface area contributed by atoms with Crippen molar-refractivity contribution in [2.45, 2.75) is 13.1 Å². The van der Waals surface area contributed by atoms with Gasteiger partial charge in [0.15, 0.2) is 11.7 Å². The summed E-state index contributed by atoms with van der Waals surface area (Å²) in [5.41, 5.74) is 14.4. The Hall–Kier alpha value is -3.67. The number of aromatic nitrogens is 3. The van der Waals surface area contributed by atoms with Gasteiger partial charge in [0.05, 0.1) is 15.9 Å². The van der Waals surface area contributed by atoms with Crippen LogP contribution in [0.1, 0.15) is 16.6 Å². The van der Waals surface area contributed by atoms with Gasteiger partial charge in [0, 0.05) is 27.4 Å². The molecule has 0 saturated heterocycles. The van der Waals surface area contributed by atoms with E-state index in [1.54, 1.807) is 13.1 Å². The van der Waals surface area contributed by atoms with Crippen molar-refractivity contribution in [1.29, 1.82) is 0 Å². The number of halogens is 3. The number of fused-ring (bicyclic) bond motifs is 3. The average molecular weight is 437 g/mol. The maximum Gasteiger partial charge on any atom is 0.490 e. The molecule has 0 aliphatic rings. The van der Waals surface area contributed by atoms with Crippen LogP contribution in [0.3, 0.4) is 0 Å². The highest BCUT2D eigenvalue weighted by Crippen LogP contribution is 2.38. The van der Waals surface area contributed by atoms with Crippen molar-refractivity contribution in [2.24, 2.45) is 0 Å². The minimum Gasteiger partial charge on any atom is -0.475 e. The van der Waals surface area contributed by atoms with Crippen LogP contribution in [0.4, 0.5) is 24.9 Å². The van der Waals surface area contributed by atoms with Crippen LogP contribution in [0, 0.1) is 0 Å². The number of Topliss-reactive ketones (excluding diaryl/α,β-unsaturated/α-hetero) is 1. The molecule has 4 rings (SSSR count). The predicted molar refractivity (Wildman–Crippen MR) is 107 cm³/mol. The van der Waals surface area contributed by atoms with E-state index < -0.39 is 12.1 Å². The highest BCUT2D eigenvalue weighted by Gasteiger charge is 2.38. The molecule has 0 saturated carbocycles. The van der Waals surface area contributed by atoms with Gasteiger partial charge in [-0.2, -0.15) is 18.2 Å². The number of carboxylic acid groups (broad SMARTS) is 1. The van der Waals surface area contributed by atoms with Crippen molar-refractivity contribution in [3.63, 3.8) is 0 Å². The summed E-state index contributed by atoms with van der Waals surface area (Å²) in [6, 6.07) is 7.63. The quantitative estimate of drug-likeness (QED) is 0.348. The third-order valence-electron chi connectivity index (χ3n) is 4.00. The number of benzene rings is 1. The van der Waals surface area contributed by atoms with Crippen LogP contribution in [0.15, 0.2) is 30.5 Å². The number of thiophene rings is 1. The molecule has 0 bridgehead atoms. The van der Waals surface area contributed by atoms with Gasteiger partial charge in [0.2, 0.25) is 0 Å². The van der Waals surface area contributed by atoms with Gasteiger partial charge in [0.25, 0.3) is 0 Å². The number of nitrogens with one attached hydrogen (secondary N) is 1. The lowest BCUT2D eigenvalue weighted by Crippen LogP contribution is -2.21. The van der Waals surface area contributed by atoms with Crippen LogP contribution >= 0.6 is 11.3 Å². The minimum atomic E-state index is -5.08. The molecule has 6 N–H and O–H groups in total. The number of hydrogen-bond donors (Lipinski definition) is 4. The number of hydrogen-bond acceptors (Lipinski definition) is 7. The number of carbonyl (C=O) groups excluding carboxylic acids is 1. The molecule has 0 aliphatic carbocycles. The molecule has 156 valence electrons. The number of ketones is 1. The lowest BCUT2D eigenvalue weighted by Gasteiger charge is -2.08. The Labute approximate surface area is 170 Å². The van der Waals surface area contributed by atoms with Crippen LogP contribution in [0.5, 0.6) is 0 Å². The molecule has 1 aromatic carbocycles. The molecule has 0 fully saturated rings. The number of nitrogens with zero attached hydrogens (tertiary/aromatic N) is 2. The van der Waals surface area contributed by atoms with Crippen LogP contribution < -0.4 is 11.5 Å². The lowest BCUT2D eigenvalue weighted by molar-refractivity contribution is -0.192. The third kappa shape index (κ3) is 4.03. The molecule has 0 unspecified atom stereocenters. The topological polar surface area (TPSA) is 148 Å². The molecule has 3 heterocycles. The highest BCUT2D eigenvalue weighted by atomic mass is 32.1. The summed E-state index contributed by atoms with van der Waals surface area (Å²) in [6.45, 7) is 1.56. The zero-order valence-corrected chi connectivity index (χ0v) is 16.1. The van der Waals surface area contributed by atoms with E-state index in [9.17, 15) is 18.0 Å². The number of aliphatic carboxylic acids is 1. The average Bonchev–Trinajstić information content (AvgIpc) is 3.30. The first kappa shape index (κ1) is 21.0. The fraction of sp³-hybridized carbons (Fsp3) is 0.111. The van der Waals surface area contributed by atoms with Crippen LogP contribution in [-0.2, 0) is 4.79 Å². The van der Waals surface area contributed by atoms with Crippen molar-refractivity contribution in [1.82, 2.24) is 15.0 Å². The minimum absolute atomic E-state index is 0.0537. The summed E-state index contributed by atoms with van der Waals surface area (Å²) in [5, 5.41) is 8.84. The summed E-state index contributed by atoms with van der Waals surface area (Å²) in [5.74, 6) is -2.07. The van der Waals surface area contributed by atoms with Gasteiger partial charge in [0.1, 0.15) is 5.82 Å². The Balaban J connectivity index is 0.000000318. The second-order valence-electron chi connectivity index (χ2n) is 6.08. The number of nitrogen functional groups attached to an aromatic ring is 2. The SMILES string of the molecule is CC(=O)c1ccc(-c2cc3[nH]c(N)nc(N)c3c3ccnc23)s1.O=C(O)C(F)(F)F. The van der Waals surface area contributed by atoms with Gasteiger partial charge in [-0.15, -0.1) is 11.3 Å². The second kappa shape index (κ2) is 7.63. The molecule has 0 amide bonds. The molecule has 30 heavy (non-hydrogen) atoms. The molecule has 4 aromatic rings. The number of nitrogens with two attached hydrogens (primary N) is 2. The molecule has 0 atom stereocenters. The fourth-order valence-electron chi connectivity index (χ4n) is 2.77. The molecule has 0 radical (unpaired) electrons. The number of carboxylic acids is 1. The molecule has 12 heteroatoms. The van der Waals surface area contributed by atoms with Crippen molar-refractivity contribution in [3.8, 4) is 10.4 Å². The van der Waals surface area contributed by atoms with Crippen LogP contribution in [0.2, 0.25) is 0 Å². The maximum absolute atomic E-state index is 11.6. The number of rotatable bonds is 2.